The van der Waals surface area contributed by atoms with Crippen LogP contribution in [0.5, 0.6) is 5.75 Å². The highest BCUT2D eigenvalue weighted by molar-refractivity contribution is 8.00. The van der Waals surface area contributed by atoms with Gasteiger partial charge < -0.3 is 14.4 Å². The van der Waals surface area contributed by atoms with Crippen LogP contribution in [0.1, 0.15) is 0 Å². The van der Waals surface area contributed by atoms with Crippen molar-refractivity contribution < 1.29 is 4.74 Å². The van der Waals surface area contributed by atoms with E-state index in [1.807, 2.05) is 61.5 Å². The lowest BCUT2D eigenvalue weighted by Gasteiger charge is -2.18. The van der Waals surface area contributed by atoms with Crippen LogP contribution in [0.3, 0.4) is 0 Å². The molecule has 0 aliphatic heterocycles. The first-order valence-electron chi connectivity index (χ1n) is 6.73. The number of rotatable bonds is 7. The first-order chi connectivity index (χ1) is 10.2. The molecule has 4 heteroatoms. The predicted molar refractivity (Wildman–Crippen MR) is 92.4 cm³/mol. The van der Waals surface area contributed by atoms with Crippen molar-refractivity contribution in [3.63, 3.8) is 0 Å². The number of nitrogens with zero attached hydrogens (tertiary/aromatic N) is 1. The van der Waals surface area contributed by atoms with E-state index in [0.29, 0.717) is 6.61 Å². The Morgan fingerprint density at radius 2 is 1.95 bits per heavy atom. The Morgan fingerprint density at radius 1 is 1.19 bits per heavy atom. The van der Waals surface area contributed by atoms with Gasteiger partial charge in [-0.2, -0.15) is 0 Å². The highest BCUT2D eigenvalue weighted by Gasteiger charge is 2.07. The minimum Gasteiger partial charge on any atom is -0.487 e. The standard InChI is InChI=1S/C17H20N2OS/c1-4-12-20-17-11-10-15(13-16(17)19(2)3)21-18-14-8-6-5-7-9-14/h4-11,13,18H,1,12H2,2-3H3. The molecule has 0 saturated carbocycles. The Hall–Kier alpha value is -2.07. The minimum absolute atomic E-state index is 0.510. The van der Waals surface area contributed by atoms with Crippen molar-refractivity contribution in [1.82, 2.24) is 0 Å². The predicted octanol–water partition coefficient (Wildman–Crippen LogP) is 4.44. The SMILES string of the molecule is C=CCOc1ccc(SNc2ccccc2)cc1N(C)C. The summed E-state index contributed by atoms with van der Waals surface area (Å²) in [6, 6.07) is 16.3. The van der Waals surface area contributed by atoms with Gasteiger partial charge in [0.2, 0.25) is 0 Å². The number of hydrogen-bond acceptors (Lipinski definition) is 4. The lowest BCUT2D eigenvalue weighted by Crippen LogP contribution is -2.11. The molecular formula is C17H20N2OS. The summed E-state index contributed by atoms with van der Waals surface area (Å²) >= 11 is 1.59. The molecule has 2 aromatic rings. The van der Waals surface area contributed by atoms with Crippen LogP contribution in [0.2, 0.25) is 0 Å². The Balaban J connectivity index is 2.10. The van der Waals surface area contributed by atoms with Gasteiger partial charge in [-0.1, -0.05) is 30.9 Å². The topological polar surface area (TPSA) is 24.5 Å². The zero-order valence-electron chi connectivity index (χ0n) is 12.4. The van der Waals surface area contributed by atoms with Gasteiger partial charge in [-0.3, -0.25) is 0 Å². The summed E-state index contributed by atoms with van der Waals surface area (Å²) in [6.45, 7) is 4.19. The molecule has 0 spiro atoms. The maximum Gasteiger partial charge on any atom is 0.143 e. The van der Waals surface area contributed by atoms with Gasteiger partial charge >= 0.3 is 0 Å². The first-order valence-corrected chi connectivity index (χ1v) is 7.55. The van der Waals surface area contributed by atoms with Crippen LogP contribution in [0.15, 0.2) is 66.1 Å². The lowest BCUT2D eigenvalue weighted by molar-refractivity contribution is 0.363. The van der Waals surface area contributed by atoms with Crippen molar-refractivity contribution in [3.05, 3.63) is 61.2 Å². The molecule has 0 fully saturated rings. The molecule has 0 heterocycles. The molecule has 0 atom stereocenters. The van der Waals surface area contributed by atoms with Gasteiger partial charge in [0.1, 0.15) is 12.4 Å². The molecule has 0 unspecified atom stereocenters. The molecule has 2 rings (SSSR count). The molecule has 3 nitrogen and oxygen atoms in total. The maximum absolute atomic E-state index is 5.68. The fourth-order valence-corrected chi connectivity index (χ4v) is 2.48. The van der Waals surface area contributed by atoms with Gasteiger partial charge in [-0.05, 0) is 42.3 Å². The van der Waals surface area contributed by atoms with Crippen LogP contribution < -0.4 is 14.4 Å². The molecule has 0 amide bonds. The highest BCUT2D eigenvalue weighted by atomic mass is 32.2. The van der Waals surface area contributed by atoms with Crippen molar-refractivity contribution in [3.8, 4) is 5.75 Å². The van der Waals surface area contributed by atoms with Crippen molar-refractivity contribution >= 4 is 23.3 Å². The fourth-order valence-electron chi connectivity index (χ4n) is 1.80. The van der Waals surface area contributed by atoms with Gasteiger partial charge in [-0.15, -0.1) is 0 Å². The van der Waals surface area contributed by atoms with E-state index in [2.05, 4.69) is 17.4 Å². The summed E-state index contributed by atoms with van der Waals surface area (Å²) in [4.78, 5) is 3.18. The summed E-state index contributed by atoms with van der Waals surface area (Å²) in [6.07, 6.45) is 1.75. The molecule has 2 aromatic carbocycles. The number of anilines is 2. The van der Waals surface area contributed by atoms with Gasteiger partial charge in [0.15, 0.2) is 0 Å². The number of hydrogen-bond donors (Lipinski definition) is 1. The summed E-state index contributed by atoms with van der Waals surface area (Å²) in [7, 11) is 4.02. The number of benzene rings is 2. The van der Waals surface area contributed by atoms with Crippen LogP contribution in [0, 0.1) is 0 Å². The van der Waals surface area contributed by atoms with Crippen LogP contribution in [-0.2, 0) is 0 Å². The van der Waals surface area contributed by atoms with E-state index in [1.54, 1.807) is 18.0 Å². The largest absolute Gasteiger partial charge is 0.487 e. The molecule has 0 aromatic heterocycles. The molecule has 0 aliphatic carbocycles. The molecule has 1 N–H and O–H groups in total. The van der Waals surface area contributed by atoms with Crippen molar-refractivity contribution in [1.29, 1.82) is 0 Å². The zero-order valence-corrected chi connectivity index (χ0v) is 13.2. The van der Waals surface area contributed by atoms with E-state index in [-0.39, 0.29) is 0 Å². The van der Waals surface area contributed by atoms with E-state index in [4.69, 9.17) is 4.74 Å². The number of ether oxygens (including phenoxy) is 1. The normalized spacial score (nSPS) is 10.0. The van der Waals surface area contributed by atoms with E-state index in [0.717, 1.165) is 22.0 Å². The van der Waals surface area contributed by atoms with E-state index < -0.39 is 0 Å². The Kier molecular flexibility index (Phi) is 5.58. The van der Waals surface area contributed by atoms with Crippen LogP contribution in [0.25, 0.3) is 0 Å². The lowest BCUT2D eigenvalue weighted by atomic mass is 10.3. The molecule has 110 valence electrons. The van der Waals surface area contributed by atoms with Crippen molar-refractivity contribution in [2.75, 3.05) is 30.3 Å². The monoisotopic (exact) mass is 300 g/mol. The van der Waals surface area contributed by atoms with Crippen LogP contribution in [-0.4, -0.2) is 20.7 Å². The zero-order chi connectivity index (χ0) is 15.1. The van der Waals surface area contributed by atoms with E-state index in [1.165, 1.54) is 0 Å². The molecule has 0 bridgehead atoms. The van der Waals surface area contributed by atoms with Crippen LogP contribution in [0.4, 0.5) is 11.4 Å². The third kappa shape index (κ3) is 4.46. The second kappa shape index (κ2) is 7.64. The molecule has 0 radical (unpaired) electrons. The summed E-state index contributed by atoms with van der Waals surface area (Å²) in [5, 5.41) is 0. The van der Waals surface area contributed by atoms with Gasteiger partial charge in [0, 0.05) is 24.7 Å². The maximum atomic E-state index is 5.68. The summed E-state index contributed by atoms with van der Waals surface area (Å²) in [5.41, 5.74) is 2.14. The van der Waals surface area contributed by atoms with Gasteiger partial charge in [-0.25, -0.2) is 0 Å². The second-order valence-corrected chi connectivity index (χ2v) is 5.57. The Morgan fingerprint density at radius 3 is 2.62 bits per heavy atom. The van der Waals surface area contributed by atoms with Crippen molar-refractivity contribution in [2.45, 2.75) is 4.90 Å². The average molecular weight is 300 g/mol. The summed E-state index contributed by atoms with van der Waals surface area (Å²) in [5.74, 6) is 0.865. The molecule has 0 aliphatic rings. The number of nitrogens with one attached hydrogen (secondary N) is 1. The third-order valence-electron chi connectivity index (χ3n) is 2.83. The smallest absolute Gasteiger partial charge is 0.143 e. The van der Waals surface area contributed by atoms with E-state index in [9.17, 15) is 0 Å². The van der Waals surface area contributed by atoms with Gasteiger partial charge in [0.05, 0.1) is 5.69 Å². The van der Waals surface area contributed by atoms with Gasteiger partial charge in [0.25, 0.3) is 0 Å². The van der Waals surface area contributed by atoms with Crippen molar-refractivity contribution in [2.24, 2.45) is 0 Å². The molecular weight excluding hydrogens is 280 g/mol. The van der Waals surface area contributed by atoms with Crippen LogP contribution >= 0.6 is 11.9 Å². The molecule has 21 heavy (non-hydrogen) atoms. The third-order valence-corrected chi connectivity index (χ3v) is 3.66. The quantitative estimate of drug-likeness (QED) is 0.603. The molecule has 0 saturated heterocycles. The second-order valence-electron chi connectivity index (χ2n) is 4.69. The first kappa shape index (κ1) is 15.3. The Bertz CT molecular complexity index is 585. The number of para-hydroxylation sites is 1. The Labute approximate surface area is 130 Å². The average Bonchev–Trinajstić information content (AvgIpc) is 2.52. The van der Waals surface area contributed by atoms with E-state index >= 15 is 0 Å². The summed E-state index contributed by atoms with van der Waals surface area (Å²) < 4.78 is 9.01. The fraction of sp³-hybridized carbons (Fsp3) is 0.176. The minimum atomic E-state index is 0.510. The highest BCUT2D eigenvalue weighted by Crippen LogP contribution is 2.32.